The molecule has 0 spiro atoms. The number of aryl methyl sites for hydroxylation is 1. The summed E-state index contributed by atoms with van der Waals surface area (Å²) in [4.78, 5) is 24.7. The summed E-state index contributed by atoms with van der Waals surface area (Å²) in [6, 6.07) is 11.4. The molecule has 0 aliphatic carbocycles. The fourth-order valence-electron chi connectivity index (χ4n) is 3.52. The predicted molar refractivity (Wildman–Crippen MR) is 111 cm³/mol. The first-order chi connectivity index (χ1) is 15.3. The predicted octanol–water partition coefficient (Wildman–Crippen LogP) is 5.12. The fraction of sp³-hybridized carbons (Fsp3) is 0.261. The van der Waals surface area contributed by atoms with E-state index in [1.807, 2.05) is 0 Å². The Hall–Kier alpha value is -3.62. The normalized spacial score (nSPS) is 11.9. The number of ether oxygens (including phenoxy) is 1. The van der Waals surface area contributed by atoms with Crippen LogP contribution in [-0.4, -0.2) is 22.4 Å². The Labute approximate surface area is 180 Å². The molecule has 0 fully saturated rings. The molecule has 2 aromatic rings. The molecule has 0 unspecified atom stereocenters. The van der Waals surface area contributed by atoms with Crippen molar-refractivity contribution in [1.29, 1.82) is 0 Å². The molecule has 2 heterocycles. The third-order valence-corrected chi connectivity index (χ3v) is 5.02. The second kappa shape index (κ2) is 8.49. The van der Waals surface area contributed by atoms with Gasteiger partial charge in [0.25, 0.3) is 5.56 Å². The molecule has 0 N–H and O–H groups in total. The molecular formula is C23H19F3N2O4. The Balaban J connectivity index is 1.79. The minimum Gasteiger partial charge on any atom is -0.466 e. The van der Waals surface area contributed by atoms with Gasteiger partial charge < -0.3 is 9.15 Å². The van der Waals surface area contributed by atoms with Crippen molar-refractivity contribution in [1.82, 2.24) is 9.78 Å². The topological polar surface area (TPSA) is 74.3 Å². The first kappa shape index (κ1) is 21.6. The van der Waals surface area contributed by atoms with Gasteiger partial charge in [0.1, 0.15) is 22.6 Å². The summed E-state index contributed by atoms with van der Waals surface area (Å²) in [6.45, 7) is 2.18. The number of carbonyl (C=O) groups excluding carboxylic acids is 1. The SMILES string of the molecule is CCOC(=O)CCCn1nc2c3ccccc3oc(-c3ccc(C(F)(F)F)cc3)c-2c1=O. The van der Waals surface area contributed by atoms with Crippen molar-refractivity contribution in [2.24, 2.45) is 0 Å². The summed E-state index contributed by atoms with van der Waals surface area (Å²) < 4.78 is 51.0. The Kier molecular flexibility index (Phi) is 5.73. The molecule has 9 heteroatoms. The van der Waals surface area contributed by atoms with Crippen LogP contribution in [0.5, 0.6) is 0 Å². The number of carbonyl (C=O) groups is 1. The van der Waals surface area contributed by atoms with Crippen molar-refractivity contribution in [2.75, 3.05) is 6.61 Å². The highest BCUT2D eigenvalue weighted by molar-refractivity contribution is 5.97. The lowest BCUT2D eigenvalue weighted by atomic mass is 10.0. The number of aromatic nitrogens is 2. The molecule has 2 aliphatic rings. The van der Waals surface area contributed by atoms with Gasteiger partial charge in [0.05, 0.1) is 12.2 Å². The fourth-order valence-corrected chi connectivity index (χ4v) is 3.52. The number of hydrogen-bond donors (Lipinski definition) is 0. The van der Waals surface area contributed by atoms with Crippen LogP contribution in [0.4, 0.5) is 13.2 Å². The number of para-hydroxylation sites is 1. The first-order valence-corrected chi connectivity index (χ1v) is 10.0. The maximum absolute atomic E-state index is 13.1. The van der Waals surface area contributed by atoms with E-state index in [1.54, 1.807) is 31.2 Å². The van der Waals surface area contributed by atoms with Crippen LogP contribution in [0, 0.1) is 0 Å². The number of fused-ring (bicyclic) bond motifs is 3. The van der Waals surface area contributed by atoms with Crippen LogP contribution < -0.4 is 5.56 Å². The van der Waals surface area contributed by atoms with Crippen molar-refractivity contribution in [3.63, 3.8) is 0 Å². The number of rotatable bonds is 6. The van der Waals surface area contributed by atoms with Crippen LogP contribution in [0.1, 0.15) is 25.3 Å². The zero-order valence-electron chi connectivity index (χ0n) is 17.1. The van der Waals surface area contributed by atoms with E-state index in [-0.39, 0.29) is 36.9 Å². The van der Waals surface area contributed by atoms with Crippen molar-refractivity contribution < 1.29 is 27.1 Å². The Morgan fingerprint density at radius 2 is 1.84 bits per heavy atom. The molecule has 0 saturated carbocycles. The van der Waals surface area contributed by atoms with E-state index in [0.717, 1.165) is 12.1 Å². The van der Waals surface area contributed by atoms with Crippen molar-refractivity contribution >= 4 is 16.9 Å². The number of hydrogen-bond acceptors (Lipinski definition) is 5. The third-order valence-electron chi connectivity index (χ3n) is 5.02. The van der Waals surface area contributed by atoms with Gasteiger partial charge in [-0.25, -0.2) is 4.68 Å². The molecule has 6 nitrogen and oxygen atoms in total. The van der Waals surface area contributed by atoms with Crippen molar-refractivity contribution in [2.45, 2.75) is 32.5 Å². The molecule has 0 radical (unpaired) electrons. The van der Waals surface area contributed by atoms with Gasteiger partial charge in [0.2, 0.25) is 0 Å². The number of esters is 1. The smallest absolute Gasteiger partial charge is 0.416 e. The van der Waals surface area contributed by atoms with Gasteiger partial charge in [0, 0.05) is 23.9 Å². The maximum Gasteiger partial charge on any atom is 0.416 e. The second-order valence-corrected chi connectivity index (χ2v) is 7.16. The van der Waals surface area contributed by atoms with Gasteiger partial charge >= 0.3 is 12.1 Å². The van der Waals surface area contributed by atoms with Gasteiger partial charge in [-0.1, -0.05) is 24.3 Å². The van der Waals surface area contributed by atoms with E-state index in [2.05, 4.69) is 5.10 Å². The van der Waals surface area contributed by atoms with Crippen LogP contribution in [0.15, 0.2) is 57.7 Å². The third kappa shape index (κ3) is 4.10. The number of benzene rings is 2. The first-order valence-electron chi connectivity index (χ1n) is 10.0. The van der Waals surface area contributed by atoms with Crippen molar-refractivity contribution in [3.05, 3.63) is 64.4 Å². The van der Waals surface area contributed by atoms with E-state index >= 15 is 0 Å². The monoisotopic (exact) mass is 444 g/mol. The van der Waals surface area contributed by atoms with Crippen LogP contribution in [-0.2, 0) is 22.3 Å². The van der Waals surface area contributed by atoms with Crippen LogP contribution >= 0.6 is 0 Å². The van der Waals surface area contributed by atoms with Gasteiger partial charge in [0.15, 0.2) is 0 Å². The van der Waals surface area contributed by atoms with Crippen LogP contribution in [0.2, 0.25) is 0 Å². The molecule has 0 aromatic heterocycles. The van der Waals surface area contributed by atoms with Gasteiger partial charge in [-0.15, -0.1) is 0 Å². The largest absolute Gasteiger partial charge is 0.466 e. The van der Waals surface area contributed by atoms with E-state index in [4.69, 9.17) is 9.15 Å². The number of alkyl halides is 3. The lowest BCUT2D eigenvalue weighted by Crippen LogP contribution is -2.18. The lowest BCUT2D eigenvalue weighted by Gasteiger charge is -2.10. The quantitative estimate of drug-likeness (QED) is 0.386. The summed E-state index contributed by atoms with van der Waals surface area (Å²) in [7, 11) is 0. The van der Waals surface area contributed by atoms with Gasteiger partial charge in [-0.05, 0) is 37.6 Å². The van der Waals surface area contributed by atoms with E-state index < -0.39 is 17.3 Å². The standard InChI is InChI=1S/C23H19F3N2O4/c1-2-31-18(29)8-5-13-28-22(30)19-20(27-28)16-6-3-4-7-17(16)32-21(19)14-9-11-15(12-10-14)23(24,25)26/h3-4,6-7,9-12H,2,5,8,13H2,1H3. The van der Waals surface area contributed by atoms with E-state index in [1.165, 1.54) is 16.8 Å². The molecular weight excluding hydrogens is 425 g/mol. The minimum absolute atomic E-state index is 0.139. The summed E-state index contributed by atoms with van der Waals surface area (Å²) in [6.07, 6.45) is -3.98. The number of nitrogens with zero attached hydrogens (tertiary/aromatic N) is 2. The molecule has 166 valence electrons. The second-order valence-electron chi connectivity index (χ2n) is 7.16. The molecule has 32 heavy (non-hydrogen) atoms. The highest BCUT2D eigenvalue weighted by Crippen LogP contribution is 2.38. The Morgan fingerprint density at radius 3 is 2.53 bits per heavy atom. The molecule has 0 amide bonds. The van der Waals surface area contributed by atoms with Gasteiger partial charge in [-0.3, -0.25) is 9.59 Å². The average molecular weight is 444 g/mol. The average Bonchev–Trinajstić information content (AvgIpc) is 3.09. The zero-order chi connectivity index (χ0) is 22.9. The van der Waals surface area contributed by atoms with Gasteiger partial charge in [-0.2, -0.15) is 18.3 Å². The number of halogens is 3. The highest BCUT2D eigenvalue weighted by atomic mass is 19.4. The molecule has 0 atom stereocenters. The minimum atomic E-state index is -4.47. The lowest BCUT2D eigenvalue weighted by molar-refractivity contribution is -0.143. The van der Waals surface area contributed by atoms with E-state index in [0.29, 0.717) is 28.6 Å². The Bertz CT molecular complexity index is 1290. The summed E-state index contributed by atoms with van der Waals surface area (Å²) in [5.74, 6) is -0.211. The van der Waals surface area contributed by atoms with Crippen molar-refractivity contribution in [3.8, 4) is 22.6 Å². The molecule has 2 aromatic carbocycles. The van der Waals surface area contributed by atoms with E-state index in [9.17, 15) is 22.8 Å². The Morgan fingerprint density at radius 1 is 1.12 bits per heavy atom. The summed E-state index contributed by atoms with van der Waals surface area (Å²) in [5, 5.41) is 5.05. The highest BCUT2D eigenvalue weighted by Gasteiger charge is 2.31. The summed E-state index contributed by atoms with van der Waals surface area (Å²) >= 11 is 0. The van der Waals surface area contributed by atoms with Crippen LogP contribution in [0.3, 0.4) is 0 Å². The van der Waals surface area contributed by atoms with Crippen LogP contribution in [0.25, 0.3) is 33.6 Å². The summed E-state index contributed by atoms with van der Waals surface area (Å²) in [5.41, 5.74) is 0.119. The maximum atomic E-state index is 13.1. The molecule has 4 rings (SSSR count). The molecule has 0 bridgehead atoms. The molecule has 0 saturated heterocycles. The zero-order valence-corrected chi connectivity index (χ0v) is 17.1. The molecule has 2 aliphatic heterocycles.